The predicted molar refractivity (Wildman–Crippen MR) is 72.2 cm³/mol. The molecule has 0 atom stereocenters. The van der Waals surface area contributed by atoms with Gasteiger partial charge >= 0.3 is 6.18 Å². The molecule has 2 heterocycles. The van der Waals surface area contributed by atoms with Crippen molar-refractivity contribution in [3.8, 4) is 11.3 Å². The molecule has 0 spiro atoms. The Labute approximate surface area is 120 Å². The minimum absolute atomic E-state index is 0.533. The Morgan fingerprint density at radius 1 is 1.29 bits per heavy atom. The number of rotatable bonds is 5. The normalized spacial score (nSPS) is 12.1. The fourth-order valence-electron chi connectivity index (χ4n) is 1.98. The first kappa shape index (κ1) is 15.5. The average molecular weight is 299 g/mol. The van der Waals surface area contributed by atoms with E-state index in [4.69, 9.17) is 5.73 Å². The summed E-state index contributed by atoms with van der Waals surface area (Å²) < 4.78 is 37.5. The van der Waals surface area contributed by atoms with Gasteiger partial charge in [0.15, 0.2) is 0 Å². The molecule has 0 saturated heterocycles. The Morgan fingerprint density at radius 3 is 2.62 bits per heavy atom. The molecule has 21 heavy (non-hydrogen) atoms. The highest BCUT2D eigenvalue weighted by atomic mass is 19.4. The van der Waals surface area contributed by atoms with Gasteiger partial charge in [-0.1, -0.05) is 0 Å². The molecule has 3 N–H and O–H groups in total. The van der Waals surface area contributed by atoms with Crippen LogP contribution in [0.3, 0.4) is 0 Å². The first-order chi connectivity index (χ1) is 9.91. The van der Waals surface area contributed by atoms with Crippen LogP contribution < -0.4 is 5.73 Å². The Morgan fingerprint density at radius 2 is 2.05 bits per heavy atom. The minimum Gasteiger partial charge on any atom is -0.329 e. The van der Waals surface area contributed by atoms with Crippen molar-refractivity contribution in [1.29, 1.82) is 0 Å². The maximum absolute atomic E-state index is 12.5. The van der Waals surface area contributed by atoms with Gasteiger partial charge in [0.1, 0.15) is 5.69 Å². The van der Waals surface area contributed by atoms with Gasteiger partial charge in [-0.05, 0) is 19.2 Å². The Kier molecular flexibility index (Phi) is 4.59. The number of hydrogen-bond donors (Lipinski definition) is 2. The zero-order valence-corrected chi connectivity index (χ0v) is 11.5. The van der Waals surface area contributed by atoms with Crippen LogP contribution in [0.2, 0.25) is 0 Å². The molecule has 0 aliphatic carbocycles. The number of aromatic nitrogens is 3. The van der Waals surface area contributed by atoms with E-state index in [-0.39, 0.29) is 0 Å². The molecule has 114 valence electrons. The number of hydrogen-bond acceptors (Lipinski definition) is 4. The number of nitrogens with zero attached hydrogens (tertiary/aromatic N) is 3. The Bertz CT molecular complexity index is 576. The second-order valence-electron chi connectivity index (χ2n) is 4.73. The Balaban J connectivity index is 2.21. The SMILES string of the molecule is CN(CCN)Cc1cn[nH]c1-c1ccc(C(F)(F)F)nc1. The van der Waals surface area contributed by atoms with Crippen molar-refractivity contribution in [2.24, 2.45) is 5.73 Å². The molecule has 0 saturated carbocycles. The first-order valence-corrected chi connectivity index (χ1v) is 6.36. The second kappa shape index (κ2) is 6.23. The van der Waals surface area contributed by atoms with Crippen molar-refractivity contribution in [2.45, 2.75) is 12.7 Å². The summed E-state index contributed by atoms with van der Waals surface area (Å²) in [6.07, 6.45) is -1.58. The smallest absolute Gasteiger partial charge is 0.329 e. The number of aromatic amines is 1. The zero-order valence-electron chi connectivity index (χ0n) is 11.5. The van der Waals surface area contributed by atoms with Crippen molar-refractivity contribution < 1.29 is 13.2 Å². The molecule has 0 aromatic carbocycles. The highest BCUT2D eigenvalue weighted by Gasteiger charge is 2.32. The number of alkyl halides is 3. The maximum atomic E-state index is 12.5. The van der Waals surface area contributed by atoms with Gasteiger partial charge in [0.05, 0.1) is 11.9 Å². The summed E-state index contributed by atoms with van der Waals surface area (Å²) in [5, 5.41) is 6.75. The molecule has 5 nitrogen and oxygen atoms in total. The average Bonchev–Trinajstić information content (AvgIpc) is 2.86. The summed E-state index contributed by atoms with van der Waals surface area (Å²) in [5.74, 6) is 0. The van der Waals surface area contributed by atoms with Crippen molar-refractivity contribution in [2.75, 3.05) is 20.1 Å². The highest BCUT2D eigenvalue weighted by molar-refractivity contribution is 5.61. The predicted octanol–water partition coefficient (Wildman–Crippen LogP) is 1.88. The number of nitrogens with one attached hydrogen (secondary N) is 1. The standard InChI is InChI=1S/C13H16F3N5/c1-21(5-4-17)8-10-7-19-20-12(10)9-2-3-11(18-6-9)13(14,15)16/h2-3,6-7H,4-5,8,17H2,1H3,(H,19,20). The summed E-state index contributed by atoms with van der Waals surface area (Å²) in [5.41, 5.74) is 6.69. The van der Waals surface area contributed by atoms with Crippen LogP contribution in [-0.2, 0) is 12.7 Å². The van der Waals surface area contributed by atoms with Gasteiger partial charge in [0, 0.05) is 37.0 Å². The topological polar surface area (TPSA) is 70.8 Å². The highest BCUT2D eigenvalue weighted by Crippen LogP contribution is 2.29. The monoisotopic (exact) mass is 299 g/mol. The third kappa shape index (κ3) is 3.79. The molecule has 8 heteroatoms. The van der Waals surface area contributed by atoms with Crippen molar-refractivity contribution in [3.05, 3.63) is 35.8 Å². The van der Waals surface area contributed by atoms with E-state index in [0.717, 1.165) is 18.2 Å². The van der Waals surface area contributed by atoms with E-state index in [1.165, 1.54) is 12.3 Å². The molecule has 2 aromatic heterocycles. The fourth-order valence-corrected chi connectivity index (χ4v) is 1.98. The summed E-state index contributed by atoms with van der Waals surface area (Å²) in [4.78, 5) is 5.46. The summed E-state index contributed by atoms with van der Waals surface area (Å²) >= 11 is 0. The third-order valence-electron chi connectivity index (χ3n) is 3.01. The molecule has 0 unspecified atom stereocenters. The van der Waals surface area contributed by atoms with Gasteiger partial charge in [-0.3, -0.25) is 10.1 Å². The molecule has 2 aromatic rings. The lowest BCUT2D eigenvalue weighted by molar-refractivity contribution is -0.141. The Hall–Kier alpha value is -1.93. The zero-order chi connectivity index (χ0) is 15.5. The molecular formula is C13H16F3N5. The van der Waals surface area contributed by atoms with Crippen molar-refractivity contribution in [3.63, 3.8) is 0 Å². The number of nitrogens with two attached hydrogens (primary N) is 1. The number of halogens is 3. The molecule has 0 aliphatic heterocycles. The van der Waals surface area contributed by atoms with E-state index < -0.39 is 11.9 Å². The van der Waals surface area contributed by atoms with Crippen LogP contribution in [-0.4, -0.2) is 40.2 Å². The van der Waals surface area contributed by atoms with Crippen LogP contribution in [0, 0.1) is 0 Å². The summed E-state index contributed by atoms with van der Waals surface area (Å²) in [6.45, 7) is 1.85. The van der Waals surface area contributed by atoms with Crippen LogP contribution in [0.15, 0.2) is 24.5 Å². The summed E-state index contributed by atoms with van der Waals surface area (Å²) in [6, 6.07) is 2.35. The number of H-pyrrole nitrogens is 1. The van der Waals surface area contributed by atoms with Crippen LogP contribution >= 0.6 is 0 Å². The van der Waals surface area contributed by atoms with Gasteiger partial charge in [0.25, 0.3) is 0 Å². The lowest BCUT2D eigenvalue weighted by atomic mass is 10.1. The van der Waals surface area contributed by atoms with Crippen molar-refractivity contribution in [1.82, 2.24) is 20.1 Å². The van der Waals surface area contributed by atoms with E-state index in [1.807, 2.05) is 11.9 Å². The maximum Gasteiger partial charge on any atom is 0.433 e. The molecule has 0 fully saturated rings. The van der Waals surface area contributed by atoms with Gasteiger partial charge in [-0.25, -0.2) is 0 Å². The molecular weight excluding hydrogens is 283 g/mol. The van der Waals surface area contributed by atoms with Gasteiger partial charge in [-0.15, -0.1) is 0 Å². The lowest BCUT2D eigenvalue weighted by Crippen LogP contribution is -2.25. The molecule has 0 amide bonds. The van der Waals surface area contributed by atoms with Crippen molar-refractivity contribution >= 4 is 0 Å². The van der Waals surface area contributed by atoms with E-state index in [1.54, 1.807) is 6.20 Å². The molecule has 0 radical (unpaired) electrons. The molecule has 0 bridgehead atoms. The summed E-state index contributed by atoms with van der Waals surface area (Å²) in [7, 11) is 1.91. The fraction of sp³-hybridized carbons (Fsp3) is 0.385. The second-order valence-corrected chi connectivity index (χ2v) is 4.73. The number of likely N-dealkylation sites (N-methyl/N-ethyl adjacent to an activating group) is 1. The van der Waals surface area contributed by atoms with E-state index >= 15 is 0 Å². The van der Waals surface area contributed by atoms with Gasteiger partial charge in [0.2, 0.25) is 0 Å². The third-order valence-corrected chi connectivity index (χ3v) is 3.01. The van der Waals surface area contributed by atoms with Crippen LogP contribution in [0.25, 0.3) is 11.3 Å². The van der Waals surface area contributed by atoms with E-state index in [2.05, 4.69) is 15.2 Å². The number of pyridine rings is 1. The van der Waals surface area contributed by atoms with Gasteiger partial charge in [-0.2, -0.15) is 18.3 Å². The first-order valence-electron chi connectivity index (χ1n) is 6.36. The quantitative estimate of drug-likeness (QED) is 0.884. The largest absolute Gasteiger partial charge is 0.433 e. The van der Waals surface area contributed by atoms with E-state index in [9.17, 15) is 13.2 Å². The molecule has 0 aliphatic rings. The van der Waals surface area contributed by atoms with Crippen LogP contribution in [0.4, 0.5) is 13.2 Å². The van der Waals surface area contributed by atoms with E-state index in [0.29, 0.717) is 24.3 Å². The van der Waals surface area contributed by atoms with Gasteiger partial charge < -0.3 is 10.6 Å². The lowest BCUT2D eigenvalue weighted by Gasteiger charge is -2.15. The van der Waals surface area contributed by atoms with Crippen LogP contribution in [0.5, 0.6) is 0 Å². The molecule has 2 rings (SSSR count). The van der Waals surface area contributed by atoms with Crippen LogP contribution in [0.1, 0.15) is 11.3 Å². The minimum atomic E-state index is -4.43.